The number of aliphatic hydroxyl groups is 2. The predicted octanol–water partition coefficient (Wildman–Crippen LogP) is 10.6. The number of hydrogen-bond donors (Lipinski definition) is 5. The molecule has 3 saturated carbocycles. The van der Waals surface area contributed by atoms with E-state index in [4.69, 9.17) is 10.5 Å². The summed E-state index contributed by atoms with van der Waals surface area (Å²) in [5.74, 6) is 9.43. The molecule has 5 aliphatic rings. The molecule has 10 atom stereocenters. The molecule has 4 aliphatic carbocycles. The number of nitrogens with one attached hydrogen (secondary N) is 1. The molecule has 3 aromatic carbocycles. The monoisotopic (exact) mass is 922 g/mol. The summed E-state index contributed by atoms with van der Waals surface area (Å²) in [4.78, 5) is 31.3. The number of carbonyl (C=O) groups is 2. The van der Waals surface area contributed by atoms with Crippen molar-refractivity contribution in [1.29, 1.82) is 0 Å². The van der Waals surface area contributed by atoms with Crippen LogP contribution in [-0.4, -0.2) is 63.8 Å². The summed E-state index contributed by atoms with van der Waals surface area (Å²) in [6, 6.07) is 22.8. The highest BCUT2D eigenvalue weighted by Gasteiger charge is 2.51. The first kappa shape index (κ1) is 48.3. The fourth-order valence-electron chi connectivity index (χ4n) is 13.9. The van der Waals surface area contributed by atoms with Crippen molar-refractivity contribution in [2.45, 2.75) is 160 Å². The number of phenols is 1. The molecule has 9 rings (SSSR count). The van der Waals surface area contributed by atoms with E-state index in [2.05, 4.69) is 78.5 Å². The lowest BCUT2D eigenvalue weighted by molar-refractivity contribution is -0.135. The number of hydrogen-bond acceptors (Lipinski definition) is 9. The van der Waals surface area contributed by atoms with Gasteiger partial charge < -0.3 is 31.1 Å². The van der Waals surface area contributed by atoms with Gasteiger partial charge in [-0.15, -0.1) is 0 Å². The average Bonchev–Trinajstić information content (AvgIpc) is 3.83. The Morgan fingerprint density at radius 1 is 0.912 bits per heavy atom. The van der Waals surface area contributed by atoms with Crippen molar-refractivity contribution in [1.82, 2.24) is 10.3 Å². The molecule has 1 saturated heterocycles. The fourth-order valence-corrected chi connectivity index (χ4v) is 13.9. The van der Waals surface area contributed by atoms with Crippen molar-refractivity contribution in [3.05, 3.63) is 95.2 Å². The van der Waals surface area contributed by atoms with Gasteiger partial charge in [0.05, 0.1) is 19.3 Å². The summed E-state index contributed by atoms with van der Waals surface area (Å²) in [5, 5.41) is 42.4. The summed E-state index contributed by atoms with van der Waals surface area (Å²) >= 11 is 0. The molecule has 4 fully saturated rings. The van der Waals surface area contributed by atoms with E-state index < -0.39 is 23.5 Å². The summed E-state index contributed by atoms with van der Waals surface area (Å²) in [5.41, 5.74) is 9.26. The number of aryl methyl sites for hydroxylation is 1. The highest BCUT2D eigenvalue weighted by Crippen LogP contribution is 2.55. The minimum Gasteiger partial charge on any atom is -0.504 e. The number of nitrogens with two attached hydrogens (primary N) is 1. The minimum absolute atomic E-state index is 0.0109. The third-order valence-corrected chi connectivity index (χ3v) is 17.7. The molecule has 0 unspecified atom stereocenters. The van der Waals surface area contributed by atoms with Crippen LogP contribution in [0.25, 0.3) is 10.8 Å². The van der Waals surface area contributed by atoms with Crippen LogP contribution in [0.1, 0.15) is 157 Å². The van der Waals surface area contributed by atoms with E-state index in [1.54, 1.807) is 12.3 Å². The summed E-state index contributed by atoms with van der Waals surface area (Å²) in [6.45, 7) is 5.41. The second-order valence-corrected chi connectivity index (χ2v) is 22.2. The Bertz CT molecular complexity index is 2500. The first-order valence-electron chi connectivity index (χ1n) is 26.1. The van der Waals surface area contributed by atoms with Crippen LogP contribution in [0.2, 0.25) is 0 Å². The molecule has 9 heteroatoms. The molecule has 1 spiro atoms. The number of phenolic OH excluding ortho intramolecular Hbond substituents is 1. The third kappa shape index (κ3) is 10.1. The molecule has 1 aromatic heterocycles. The van der Waals surface area contributed by atoms with E-state index in [9.17, 15) is 24.9 Å². The van der Waals surface area contributed by atoms with Gasteiger partial charge in [0.2, 0.25) is 0 Å². The minimum atomic E-state index is -1.18. The van der Waals surface area contributed by atoms with Gasteiger partial charge in [0, 0.05) is 43.3 Å². The third-order valence-electron chi connectivity index (χ3n) is 17.7. The second-order valence-electron chi connectivity index (χ2n) is 22.2. The number of pyridine rings is 1. The van der Waals surface area contributed by atoms with Gasteiger partial charge >= 0.3 is 0 Å². The first-order valence-corrected chi connectivity index (χ1v) is 26.1. The molecule has 0 bridgehead atoms. The van der Waals surface area contributed by atoms with Crippen molar-refractivity contribution in [2.24, 2.45) is 40.4 Å². The Morgan fingerprint density at radius 3 is 2.47 bits per heavy atom. The highest BCUT2D eigenvalue weighted by molar-refractivity contribution is 5.89. The second kappa shape index (κ2) is 20.7. The Balaban J connectivity index is 0.996. The van der Waals surface area contributed by atoms with Crippen LogP contribution in [0.5, 0.6) is 11.5 Å². The predicted molar refractivity (Wildman–Crippen MR) is 269 cm³/mol. The molecule has 4 aromatic rings. The number of ether oxygens (including phenoxy) is 1. The van der Waals surface area contributed by atoms with Gasteiger partial charge in [-0.3, -0.25) is 9.59 Å². The Labute approximate surface area is 404 Å². The van der Waals surface area contributed by atoms with Crippen LogP contribution in [0.15, 0.2) is 72.9 Å². The van der Waals surface area contributed by atoms with Gasteiger partial charge in [0.1, 0.15) is 17.0 Å². The van der Waals surface area contributed by atoms with Crippen molar-refractivity contribution in [2.75, 3.05) is 19.4 Å². The maximum Gasteiger partial charge on any atom is 0.160 e. The molecule has 68 heavy (non-hydrogen) atoms. The zero-order chi connectivity index (χ0) is 47.6. The maximum atomic E-state index is 14.7. The van der Waals surface area contributed by atoms with Gasteiger partial charge in [-0.2, -0.15) is 0 Å². The fraction of sp³-hybridized carbons (Fsp3) is 0.576. The van der Waals surface area contributed by atoms with Crippen molar-refractivity contribution in [3.8, 4) is 23.3 Å². The number of nitrogens with zero attached hydrogens (tertiary/aromatic N) is 1. The smallest absolute Gasteiger partial charge is 0.160 e. The number of benzene rings is 3. The van der Waals surface area contributed by atoms with Crippen molar-refractivity contribution < 1.29 is 29.6 Å². The van der Waals surface area contributed by atoms with Crippen LogP contribution in [-0.2, 0) is 16.0 Å². The molecular formula is C59H75N3O6. The lowest BCUT2D eigenvalue weighted by atomic mass is 9.58. The van der Waals surface area contributed by atoms with E-state index in [0.717, 1.165) is 71.7 Å². The van der Waals surface area contributed by atoms with Gasteiger partial charge in [-0.05, 0) is 176 Å². The molecular weight excluding hydrogens is 847 g/mol. The number of rotatable bonds is 14. The Kier molecular flexibility index (Phi) is 14.7. The molecule has 362 valence electrons. The van der Waals surface area contributed by atoms with E-state index in [1.165, 1.54) is 39.2 Å². The molecule has 2 heterocycles. The van der Waals surface area contributed by atoms with Gasteiger partial charge in [0.25, 0.3) is 0 Å². The van der Waals surface area contributed by atoms with E-state index in [-0.39, 0.29) is 35.2 Å². The van der Waals surface area contributed by atoms with E-state index >= 15 is 0 Å². The van der Waals surface area contributed by atoms with Crippen LogP contribution in [0, 0.1) is 52.3 Å². The standard InChI is InChI=1S/C59H75N3O6/c1-37(2)10-17-48(57(45-22-27-61-56(60)32-45)44-12-11-39-8-4-5-9-41(39)29-44)51(64)18-14-40-21-26-59(54(66)19-15-42-31-53(68-3)52(65)34-49(40)42)25-20-38(28-55(59)67)35-58(23-6-7-24-58)46-30-43-13-16-47(63)33-50(43)62-36-46/h4-5,8-9,11-12,22,27,29,31-32,34,37-38,40,43,46,48,50-51,55,57,62,64-65,67H,6-7,10,13-20,23-25,28,30,33,35-36H2,1-3H3,(H2,60,61)/t38-,40+,43-,46+,48+,50-,51+,55-,57+,59+/m1/s1. The van der Waals surface area contributed by atoms with Gasteiger partial charge in [-0.1, -0.05) is 87.4 Å². The largest absolute Gasteiger partial charge is 0.504 e. The number of Topliss-reactive ketones (excluding diaryl/α,β-unsaturated/α-hetero) is 2. The number of fused-ring (bicyclic) bond motifs is 3. The van der Waals surface area contributed by atoms with E-state index in [1.807, 2.05) is 18.2 Å². The molecule has 6 N–H and O–H groups in total. The van der Waals surface area contributed by atoms with Gasteiger partial charge in [-0.25, -0.2) is 4.98 Å². The molecule has 9 nitrogen and oxygen atoms in total. The van der Waals surface area contributed by atoms with Crippen LogP contribution >= 0.6 is 0 Å². The number of aliphatic hydroxyl groups excluding tert-OH is 2. The van der Waals surface area contributed by atoms with Crippen molar-refractivity contribution >= 4 is 28.2 Å². The average molecular weight is 922 g/mol. The topological polar surface area (TPSA) is 155 Å². The number of anilines is 1. The number of aromatic nitrogens is 1. The van der Waals surface area contributed by atoms with Crippen LogP contribution in [0.3, 0.4) is 0 Å². The number of ketones is 2. The number of aromatic hydroxyl groups is 1. The quantitative estimate of drug-likeness (QED) is 0.0778. The number of methoxy groups -OCH3 is 1. The number of nitrogen functional groups attached to an aromatic ring is 1. The Morgan fingerprint density at radius 2 is 1.71 bits per heavy atom. The lowest BCUT2D eigenvalue weighted by Gasteiger charge is -2.49. The number of piperidine rings is 1. The molecule has 0 amide bonds. The molecule has 1 aliphatic heterocycles. The zero-order valence-corrected chi connectivity index (χ0v) is 40.7. The highest BCUT2D eigenvalue weighted by atomic mass is 16.5. The SMILES string of the molecule is COc1cc2c(cc1O)[C@@H](CC[C@H](O)[C@H](CCC(C)C)[C@H](c1ccnc(N)c1)c1ccc3ccccc3c1)C#C[C@@]1(CC[C@@H](CC3([C@@H]4CN[C@@H]5CC(=O)CC[C@@H]5C4)CCCC3)C[C@H]1O)C(=O)CC2. The van der Waals surface area contributed by atoms with E-state index in [0.29, 0.717) is 92.0 Å². The zero-order valence-electron chi connectivity index (χ0n) is 40.7. The lowest BCUT2D eigenvalue weighted by Crippen LogP contribution is -2.53. The Hall–Kier alpha value is -4.75. The first-order chi connectivity index (χ1) is 32.8. The summed E-state index contributed by atoms with van der Waals surface area (Å²) < 4.78 is 5.59. The maximum absolute atomic E-state index is 14.7. The summed E-state index contributed by atoms with van der Waals surface area (Å²) in [7, 11) is 1.54. The van der Waals surface area contributed by atoms with Crippen molar-refractivity contribution in [3.63, 3.8) is 0 Å². The summed E-state index contributed by atoms with van der Waals surface area (Å²) in [6.07, 6.45) is 14.9. The normalized spacial score (nSPS) is 28.4. The van der Waals surface area contributed by atoms with Crippen LogP contribution in [0.4, 0.5) is 5.82 Å². The number of carbonyl (C=O) groups excluding carboxylic acids is 2. The van der Waals surface area contributed by atoms with Gasteiger partial charge in [0.15, 0.2) is 17.3 Å². The molecule has 0 radical (unpaired) electrons. The van der Waals surface area contributed by atoms with Crippen LogP contribution < -0.4 is 15.8 Å².